The fraction of sp³-hybridized carbons (Fsp3) is 0.846. The van der Waals surface area contributed by atoms with E-state index in [1.54, 1.807) is 0 Å². The Kier molecular flexibility index (Phi) is 4.25. The molecule has 1 aliphatic heterocycles. The summed E-state index contributed by atoms with van der Waals surface area (Å²) in [5, 5.41) is 9.04. The summed E-state index contributed by atoms with van der Waals surface area (Å²) in [7, 11) is 0. The average Bonchev–Trinajstić information content (AvgIpc) is 2.86. The lowest BCUT2D eigenvalue weighted by molar-refractivity contribution is -0.201. The van der Waals surface area contributed by atoms with Gasteiger partial charge in [0.2, 0.25) is 5.91 Å². The number of carboxylic acid groups (broad SMARTS) is 1. The number of carbonyl (C=O) groups excluding carboxylic acids is 1. The van der Waals surface area contributed by atoms with Crippen molar-refractivity contribution in [3.63, 3.8) is 0 Å². The lowest BCUT2D eigenvalue weighted by Crippen LogP contribution is -2.48. The van der Waals surface area contributed by atoms with Crippen LogP contribution in [0.1, 0.15) is 38.5 Å². The van der Waals surface area contributed by atoms with Crippen molar-refractivity contribution in [3.05, 3.63) is 0 Å². The summed E-state index contributed by atoms with van der Waals surface area (Å²) < 4.78 is 39.0. The van der Waals surface area contributed by atoms with Gasteiger partial charge in [-0.2, -0.15) is 13.2 Å². The molecule has 7 heteroatoms. The third-order valence-electron chi connectivity index (χ3n) is 4.32. The summed E-state index contributed by atoms with van der Waals surface area (Å²) in [6, 6.07) is -0.960. The Morgan fingerprint density at radius 1 is 1.05 bits per heavy atom. The van der Waals surface area contributed by atoms with Gasteiger partial charge in [-0.1, -0.05) is 12.8 Å². The van der Waals surface area contributed by atoms with E-state index in [-0.39, 0.29) is 19.4 Å². The molecule has 20 heavy (non-hydrogen) atoms. The first-order chi connectivity index (χ1) is 9.32. The van der Waals surface area contributed by atoms with Crippen LogP contribution in [-0.2, 0) is 9.59 Å². The van der Waals surface area contributed by atoms with E-state index in [1.807, 2.05) is 0 Å². The Hall–Kier alpha value is -1.27. The lowest BCUT2D eigenvalue weighted by atomic mass is 9.78. The molecule has 3 unspecified atom stereocenters. The number of aliphatic carboxylic acids is 1. The molecule has 0 bridgehead atoms. The predicted molar refractivity (Wildman–Crippen MR) is 63.9 cm³/mol. The van der Waals surface area contributed by atoms with Crippen LogP contribution in [0.2, 0.25) is 0 Å². The fourth-order valence-electron chi connectivity index (χ4n) is 3.32. The number of hydrogen-bond donors (Lipinski definition) is 1. The second-order valence-electron chi connectivity index (χ2n) is 5.57. The number of hydrogen-bond acceptors (Lipinski definition) is 2. The number of alkyl halides is 3. The van der Waals surface area contributed by atoms with Gasteiger partial charge in [0.25, 0.3) is 0 Å². The highest BCUT2D eigenvalue weighted by molar-refractivity contribution is 5.86. The lowest BCUT2D eigenvalue weighted by Gasteiger charge is -2.35. The zero-order valence-corrected chi connectivity index (χ0v) is 11.0. The third-order valence-corrected chi connectivity index (χ3v) is 4.32. The molecular formula is C13H18F3NO3. The summed E-state index contributed by atoms with van der Waals surface area (Å²) in [4.78, 5) is 24.5. The number of nitrogens with zero attached hydrogens (tertiary/aromatic N) is 1. The second kappa shape index (κ2) is 5.61. The predicted octanol–water partition coefficient (Wildman–Crippen LogP) is 2.43. The van der Waals surface area contributed by atoms with Gasteiger partial charge in [0.05, 0.1) is 5.92 Å². The first kappa shape index (κ1) is 15.1. The molecule has 0 aromatic carbocycles. The van der Waals surface area contributed by atoms with Crippen molar-refractivity contribution in [2.75, 3.05) is 6.54 Å². The maximum Gasteiger partial charge on any atom is 0.392 e. The standard InChI is InChI=1S/C13H18F3NO3/c14-13(15,16)9-5-2-1-4-8(9)11(18)17-7-3-6-10(17)12(19)20/h8-10H,1-7H2,(H,19,20). The molecule has 1 aliphatic carbocycles. The first-order valence-corrected chi connectivity index (χ1v) is 6.92. The number of carbonyl (C=O) groups is 2. The first-order valence-electron chi connectivity index (χ1n) is 6.92. The van der Waals surface area contributed by atoms with Crippen LogP contribution < -0.4 is 0 Å². The molecule has 0 aromatic rings. The maximum absolute atomic E-state index is 13.0. The molecule has 0 aromatic heterocycles. The third kappa shape index (κ3) is 2.91. The van der Waals surface area contributed by atoms with Crippen molar-refractivity contribution in [3.8, 4) is 0 Å². The molecule has 1 heterocycles. The van der Waals surface area contributed by atoms with Crippen LogP contribution in [0.25, 0.3) is 0 Å². The minimum Gasteiger partial charge on any atom is -0.480 e. The zero-order chi connectivity index (χ0) is 14.9. The fourth-order valence-corrected chi connectivity index (χ4v) is 3.32. The number of likely N-dealkylation sites (tertiary alicyclic amines) is 1. The van der Waals surface area contributed by atoms with E-state index in [0.29, 0.717) is 25.7 Å². The van der Waals surface area contributed by atoms with Crippen LogP contribution in [0.3, 0.4) is 0 Å². The average molecular weight is 293 g/mol. The van der Waals surface area contributed by atoms with Crippen molar-refractivity contribution in [1.29, 1.82) is 0 Å². The summed E-state index contributed by atoms with van der Waals surface area (Å²) >= 11 is 0. The molecule has 2 rings (SSSR count). The summed E-state index contributed by atoms with van der Waals surface area (Å²) in [5.74, 6) is -4.49. The Morgan fingerprint density at radius 3 is 2.30 bits per heavy atom. The Bertz CT molecular complexity index is 397. The quantitative estimate of drug-likeness (QED) is 0.850. The molecule has 0 radical (unpaired) electrons. The number of amides is 1. The molecule has 2 fully saturated rings. The summed E-state index contributed by atoms with van der Waals surface area (Å²) in [6.07, 6.45) is -2.31. The van der Waals surface area contributed by atoms with E-state index in [2.05, 4.69) is 0 Å². The van der Waals surface area contributed by atoms with Gasteiger partial charge in [-0.15, -0.1) is 0 Å². The van der Waals surface area contributed by atoms with Gasteiger partial charge >= 0.3 is 12.1 Å². The van der Waals surface area contributed by atoms with E-state index in [4.69, 9.17) is 5.11 Å². The normalized spacial score (nSPS) is 31.4. The molecule has 1 amide bonds. The molecule has 1 saturated carbocycles. The van der Waals surface area contributed by atoms with E-state index < -0.39 is 35.9 Å². The van der Waals surface area contributed by atoms with Crippen molar-refractivity contribution in [2.45, 2.75) is 50.7 Å². The van der Waals surface area contributed by atoms with Crippen LogP contribution in [0.15, 0.2) is 0 Å². The molecule has 3 atom stereocenters. The largest absolute Gasteiger partial charge is 0.480 e. The molecule has 0 spiro atoms. The minimum atomic E-state index is -4.39. The van der Waals surface area contributed by atoms with Gasteiger partial charge in [0, 0.05) is 12.5 Å². The van der Waals surface area contributed by atoms with Gasteiger partial charge in [-0.25, -0.2) is 4.79 Å². The molecule has 1 N–H and O–H groups in total. The van der Waals surface area contributed by atoms with Crippen molar-refractivity contribution >= 4 is 11.9 Å². The van der Waals surface area contributed by atoms with E-state index >= 15 is 0 Å². The van der Waals surface area contributed by atoms with E-state index in [1.165, 1.54) is 0 Å². The zero-order valence-electron chi connectivity index (χ0n) is 11.0. The van der Waals surface area contributed by atoms with Gasteiger partial charge in [-0.05, 0) is 25.7 Å². The Labute approximate surface area is 114 Å². The molecule has 2 aliphatic rings. The molecule has 114 valence electrons. The molecular weight excluding hydrogens is 275 g/mol. The highest BCUT2D eigenvalue weighted by Gasteiger charge is 2.50. The smallest absolute Gasteiger partial charge is 0.392 e. The SMILES string of the molecule is O=C(O)C1CCCN1C(=O)C1CCCCC1C(F)(F)F. The maximum atomic E-state index is 13.0. The van der Waals surface area contributed by atoms with Crippen molar-refractivity contribution in [1.82, 2.24) is 4.90 Å². The van der Waals surface area contributed by atoms with Crippen LogP contribution in [-0.4, -0.2) is 40.6 Å². The number of rotatable bonds is 2. The van der Waals surface area contributed by atoms with Crippen LogP contribution in [0.5, 0.6) is 0 Å². The Morgan fingerprint density at radius 2 is 1.70 bits per heavy atom. The van der Waals surface area contributed by atoms with Gasteiger partial charge in [0.1, 0.15) is 6.04 Å². The highest BCUT2D eigenvalue weighted by Crippen LogP contribution is 2.42. The monoisotopic (exact) mass is 293 g/mol. The molecule has 1 saturated heterocycles. The van der Waals surface area contributed by atoms with Gasteiger partial charge < -0.3 is 10.0 Å². The molecule has 4 nitrogen and oxygen atoms in total. The summed E-state index contributed by atoms with van der Waals surface area (Å²) in [6.45, 7) is 0.247. The topological polar surface area (TPSA) is 57.6 Å². The number of halogens is 3. The van der Waals surface area contributed by atoms with Crippen LogP contribution >= 0.6 is 0 Å². The van der Waals surface area contributed by atoms with Crippen LogP contribution in [0.4, 0.5) is 13.2 Å². The van der Waals surface area contributed by atoms with E-state index in [0.717, 1.165) is 4.90 Å². The summed E-state index contributed by atoms with van der Waals surface area (Å²) in [5.41, 5.74) is 0. The van der Waals surface area contributed by atoms with Gasteiger partial charge in [-0.3, -0.25) is 4.79 Å². The Balaban J connectivity index is 2.15. The number of carboxylic acids is 1. The van der Waals surface area contributed by atoms with Crippen molar-refractivity contribution < 1.29 is 27.9 Å². The van der Waals surface area contributed by atoms with Crippen molar-refractivity contribution in [2.24, 2.45) is 11.8 Å². The second-order valence-corrected chi connectivity index (χ2v) is 5.57. The minimum absolute atomic E-state index is 0.0362. The van der Waals surface area contributed by atoms with Crippen LogP contribution in [0, 0.1) is 11.8 Å². The highest BCUT2D eigenvalue weighted by atomic mass is 19.4. The van der Waals surface area contributed by atoms with E-state index in [9.17, 15) is 22.8 Å². The van der Waals surface area contributed by atoms with Gasteiger partial charge in [0.15, 0.2) is 0 Å².